The van der Waals surface area contributed by atoms with E-state index >= 15 is 0 Å². The molecule has 1 N–H and O–H groups in total. The molecule has 5 rings (SSSR count). The maximum Gasteiger partial charge on any atom is 0.419 e. The molecular formula is C27H28ClF3N4O3. The van der Waals surface area contributed by atoms with Crippen LogP contribution in [0, 0.1) is 22.7 Å². The summed E-state index contributed by atoms with van der Waals surface area (Å²) in [5.74, 6) is -0.128. The molecule has 7 nitrogen and oxygen atoms in total. The molecule has 0 radical (unpaired) electrons. The van der Waals surface area contributed by atoms with E-state index in [1.807, 2.05) is 0 Å². The molecule has 38 heavy (non-hydrogen) atoms. The monoisotopic (exact) mass is 548 g/mol. The van der Waals surface area contributed by atoms with E-state index in [2.05, 4.69) is 5.32 Å². The van der Waals surface area contributed by atoms with Crippen molar-refractivity contribution in [2.45, 2.75) is 44.9 Å². The molecule has 3 aromatic rings. The second-order valence-electron chi connectivity index (χ2n) is 10.3. The number of hydrogen-bond acceptors (Lipinski definition) is 5. The van der Waals surface area contributed by atoms with Crippen LogP contribution in [0.1, 0.15) is 47.9 Å². The summed E-state index contributed by atoms with van der Waals surface area (Å²) in [4.78, 5) is 27.6. The Balaban J connectivity index is 0.00000336. The summed E-state index contributed by atoms with van der Waals surface area (Å²) in [7, 11) is 1.59. The molecule has 1 aliphatic heterocycles. The fourth-order valence-corrected chi connectivity index (χ4v) is 5.32. The van der Waals surface area contributed by atoms with Crippen molar-refractivity contribution in [2.75, 3.05) is 13.1 Å². The van der Waals surface area contributed by atoms with Gasteiger partial charge in [0.05, 0.1) is 28.1 Å². The van der Waals surface area contributed by atoms with Gasteiger partial charge in [-0.25, -0.2) is 4.79 Å². The average molecular weight is 549 g/mol. The predicted octanol–water partition coefficient (Wildman–Crippen LogP) is 4.75. The number of oxazole rings is 1. The van der Waals surface area contributed by atoms with Crippen molar-refractivity contribution in [1.82, 2.24) is 14.8 Å². The van der Waals surface area contributed by atoms with Crippen molar-refractivity contribution < 1.29 is 22.4 Å². The molecule has 11 heteroatoms. The van der Waals surface area contributed by atoms with Crippen LogP contribution in [0.25, 0.3) is 11.1 Å². The molecule has 1 aliphatic carbocycles. The van der Waals surface area contributed by atoms with Crippen LogP contribution in [0.5, 0.6) is 0 Å². The van der Waals surface area contributed by atoms with Gasteiger partial charge in [0.25, 0.3) is 0 Å². The predicted molar refractivity (Wildman–Crippen MR) is 136 cm³/mol. The summed E-state index contributed by atoms with van der Waals surface area (Å²) in [5, 5.41) is 12.6. The number of aryl methyl sites for hydroxylation is 1. The van der Waals surface area contributed by atoms with Gasteiger partial charge >= 0.3 is 11.9 Å². The fraction of sp³-hybridized carbons (Fsp3) is 0.444. The molecule has 0 bridgehead atoms. The van der Waals surface area contributed by atoms with E-state index < -0.39 is 22.9 Å². The number of fused-ring (bicyclic) bond motifs is 1. The third kappa shape index (κ3) is 5.59. The second-order valence-corrected chi connectivity index (χ2v) is 10.3. The number of carbonyl (C=O) groups is 1. The van der Waals surface area contributed by atoms with Crippen molar-refractivity contribution in [3.05, 3.63) is 69.2 Å². The Kier molecular flexibility index (Phi) is 7.64. The normalized spacial score (nSPS) is 19.2. The first-order chi connectivity index (χ1) is 17.6. The lowest BCUT2D eigenvalue weighted by Crippen LogP contribution is -2.45. The summed E-state index contributed by atoms with van der Waals surface area (Å²) in [6.07, 6.45) is -1.04. The zero-order valence-corrected chi connectivity index (χ0v) is 21.6. The number of nitriles is 1. The topological polar surface area (TPSA) is 91.3 Å². The number of rotatable bonds is 7. The molecule has 1 amide bonds. The minimum atomic E-state index is -4.61. The van der Waals surface area contributed by atoms with Crippen LogP contribution >= 0.6 is 12.4 Å². The Hall–Kier alpha value is -3.29. The molecule has 1 unspecified atom stereocenters. The van der Waals surface area contributed by atoms with Crippen LogP contribution in [0.2, 0.25) is 0 Å². The Morgan fingerprint density at radius 2 is 1.95 bits per heavy atom. The van der Waals surface area contributed by atoms with Gasteiger partial charge in [0.2, 0.25) is 5.91 Å². The first kappa shape index (κ1) is 27.7. The number of benzene rings is 2. The summed E-state index contributed by atoms with van der Waals surface area (Å²) >= 11 is 0. The molecule has 1 saturated heterocycles. The molecular weight excluding hydrogens is 521 g/mol. The maximum absolute atomic E-state index is 14.1. The van der Waals surface area contributed by atoms with Crippen molar-refractivity contribution in [3.8, 4) is 6.07 Å². The highest BCUT2D eigenvalue weighted by Crippen LogP contribution is 2.45. The van der Waals surface area contributed by atoms with Crippen LogP contribution < -0.4 is 11.1 Å². The number of nitrogens with zero attached hydrogens (tertiary/aromatic N) is 3. The van der Waals surface area contributed by atoms with Crippen molar-refractivity contribution >= 4 is 29.4 Å². The standard InChI is InChI=1S/C27H27F3N4O3.ClH/c1-33-22-11-18(4-5-23(22)37-25(33)36)14-34(24(35)26(6-7-32-16-26)12-17-2-3-17)15-20-8-19(13-31)9-21(10-20)27(28,29)30;/h4-5,8-11,17,32H,2-3,6-7,12,14-16H2,1H3;1H. The third-order valence-corrected chi connectivity index (χ3v) is 7.41. The van der Waals surface area contributed by atoms with E-state index in [-0.39, 0.29) is 42.5 Å². The number of aromatic nitrogens is 1. The molecule has 0 spiro atoms. The minimum absolute atomic E-state index is 0. The van der Waals surface area contributed by atoms with Gasteiger partial charge in [0, 0.05) is 26.7 Å². The number of halogens is 4. The van der Waals surface area contributed by atoms with E-state index in [0.717, 1.165) is 37.0 Å². The Morgan fingerprint density at radius 1 is 1.21 bits per heavy atom. The van der Waals surface area contributed by atoms with Crippen LogP contribution in [0.3, 0.4) is 0 Å². The van der Waals surface area contributed by atoms with E-state index in [4.69, 9.17) is 4.42 Å². The number of carbonyl (C=O) groups excluding carboxylic acids is 1. The molecule has 1 aromatic heterocycles. The molecule has 2 heterocycles. The van der Waals surface area contributed by atoms with Gasteiger partial charge in [-0.1, -0.05) is 18.9 Å². The summed E-state index contributed by atoms with van der Waals surface area (Å²) in [5.41, 5.74) is 0.294. The lowest BCUT2D eigenvalue weighted by atomic mass is 9.80. The highest BCUT2D eigenvalue weighted by Gasteiger charge is 2.47. The highest BCUT2D eigenvalue weighted by molar-refractivity contribution is 5.85. The van der Waals surface area contributed by atoms with Crippen LogP contribution in [-0.2, 0) is 31.1 Å². The van der Waals surface area contributed by atoms with Gasteiger partial charge < -0.3 is 14.6 Å². The van der Waals surface area contributed by atoms with Gasteiger partial charge in [-0.3, -0.25) is 9.36 Å². The summed E-state index contributed by atoms with van der Waals surface area (Å²) < 4.78 is 47.2. The smallest absolute Gasteiger partial charge is 0.408 e. The van der Waals surface area contributed by atoms with E-state index in [9.17, 15) is 28.0 Å². The highest BCUT2D eigenvalue weighted by atomic mass is 35.5. The lowest BCUT2D eigenvalue weighted by Gasteiger charge is -2.34. The van der Waals surface area contributed by atoms with Gasteiger partial charge in [-0.2, -0.15) is 18.4 Å². The largest absolute Gasteiger partial charge is 0.419 e. The average Bonchev–Trinajstić information content (AvgIpc) is 3.47. The molecule has 2 fully saturated rings. The molecule has 2 aromatic carbocycles. The Morgan fingerprint density at radius 3 is 2.58 bits per heavy atom. The molecule has 2 aliphatic rings. The summed E-state index contributed by atoms with van der Waals surface area (Å²) in [6.45, 7) is 1.29. The fourth-order valence-electron chi connectivity index (χ4n) is 5.32. The third-order valence-electron chi connectivity index (χ3n) is 7.41. The number of hydrogen-bond donors (Lipinski definition) is 1. The summed E-state index contributed by atoms with van der Waals surface area (Å²) in [6, 6.07) is 10.2. The zero-order valence-electron chi connectivity index (χ0n) is 20.8. The number of alkyl halides is 3. The minimum Gasteiger partial charge on any atom is -0.408 e. The first-order valence-electron chi connectivity index (χ1n) is 12.3. The van der Waals surface area contributed by atoms with E-state index in [1.54, 1.807) is 36.2 Å². The first-order valence-corrected chi connectivity index (χ1v) is 12.3. The van der Waals surface area contributed by atoms with Crippen molar-refractivity contribution in [3.63, 3.8) is 0 Å². The van der Waals surface area contributed by atoms with Crippen LogP contribution in [0.15, 0.2) is 45.6 Å². The SMILES string of the molecule is Cl.Cn1c(=O)oc2ccc(CN(Cc3cc(C#N)cc(C(F)(F)F)c3)C(=O)C3(CC4CC4)CCNC3)cc21. The molecule has 1 saturated carbocycles. The van der Waals surface area contributed by atoms with E-state index in [0.29, 0.717) is 36.5 Å². The maximum atomic E-state index is 14.1. The van der Waals surface area contributed by atoms with E-state index in [1.165, 1.54) is 10.6 Å². The van der Waals surface area contributed by atoms with Gasteiger partial charge in [0.15, 0.2) is 5.58 Å². The van der Waals surface area contributed by atoms with Crippen LogP contribution in [0.4, 0.5) is 13.2 Å². The Bertz CT molecular complexity index is 1450. The van der Waals surface area contributed by atoms with Gasteiger partial charge in [-0.05, 0) is 66.8 Å². The van der Waals surface area contributed by atoms with Gasteiger partial charge in [0.1, 0.15) is 0 Å². The van der Waals surface area contributed by atoms with Crippen LogP contribution in [-0.4, -0.2) is 28.5 Å². The second kappa shape index (κ2) is 10.5. The number of nitrogens with one attached hydrogen (secondary N) is 1. The molecule has 202 valence electrons. The van der Waals surface area contributed by atoms with Crippen molar-refractivity contribution in [2.24, 2.45) is 18.4 Å². The zero-order chi connectivity index (χ0) is 26.4. The van der Waals surface area contributed by atoms with Gasteiger partial charge in [-0.15, -0.1) is 12.4 Å². The molecule has 1 atom stereocenters. The quantitative estimate of drug-likeness (QED) is 0.460. The van der Waals surface area contributed by atoms with Crippen molar-refractivity contribution in [1.29, 1.82) is 5.26 Å². The lowest BCUT2D eigenvalue weighted by molar-refractivity contribution is -0.143. The Labute approximate surface area is 223 Å². The number of amides is 1.